The fourth-order valence-electron chi connectivity index (χ4n) is 12.8. The zero-order chi connectivity index (χ0) is 48.2. The molecule has 0 unspecified atom stereocenters. The second-order valence-electron chi connectivity index (χ2n) is 24.8. The number of anilines is 5. The number of benzene rings is 7. The molecule has 0 spiro atoms. The molecule has 3 heterocycles. The van der Waals surface area contributed by atoms with Crippen molar-refractivity contribution in [2.45, 2.75) is 136 Å². The molecule has 3 nitrogen and oxygen atoms in total. The standard InChI is InChI=1S/C65H67BN2O/c1-40-33-48-47-35-43(41-19-15-13-16-20-41)23-27-55(47)68(45-25-26-50-51(37-45)63(7,8)30-29-62(50,5)6)66-58(48)56(34-40)67(54-28-24-44(61(2,3)4)36-46(54)42-21-17-14-18-22-42)60-59(66)49-38-52-53(39-57(49)69-60)65(11,12)32-31-64(52,9)10/h13-28,33-39H,29-32H2,1-12H3. The molecule has 12 rings (SSSR count). The van der Waals surface area contributed by atoms with Gasteiger partial charge in [0.1, 0.15) is 5.58 Å². The lowest BCUT2D eigenvalue weighted by Crippen LogP contribution is -2.61. The molecule has 346 valence electrons. The lowest BCUT2D eigenvalue weighted by molar-refractivity contribution is 0.332. The van der Waals surface area contributed by atoms with Gasteiger partial charge in [0.25, 0.3) is 0 Å². The molecule has 2 aliphatic carbocycles. The van der Waals surface area contributed by atoms with Gasteiger partial charge in [-0.25, -0.2) is 0 Å². The van der Waals surface area contributed by atoms with Gasteiger partial charge in [0.05, 0.1) is 5.69 Å². The monoisotopic (exact) mass is 903 g/mol. The van der Waals surface area contributed by atoms with E-state index in [1.165, 1.54) is 107 Å². The smallest absolute Gasteiger partial charge is 0.337 e. The Bertz CT molecular complexity index is 3400. The minimum Gasteiger partial charge on any atom is -0.440 e. The predicted octanol–water partition coefficient (Wildman–Crippen LogP) is 16.8. The highest BCUT2D eigenvalue weighted by Crippen LogP contribution is 2.54. The van der Waals surface area contributed by atoms with E-state index < -0.39 is 0 Å². The Hall–Kier alpha value is -6.26. The van der Waals surface area contributed by atoms with Crippen molar-refractivity contribution in [3.63, 3.8) is 0 Å². The van der Waals surface area contributed by atoms with Crippen molar-refractivity contribution < 1.29 is 4.42 Å². The van der Waals surface area contributed by atoms with Crippen molar-refractivity contribution in [1.82, 2.24) is 0 Å². The Morgan fingerprint density at radius 1 is 0.478 bits per heavy atom. The number of fused-ring (bicyclic) bond motifs is 8. The maximum absolute atomic E-state index is 7.67. The molecule has 0 saturated carbocycles. The average molecular weight is 903 g/mol. The summed E-state index contributed by atoms with van der Waals surface area (Å²) in [4.78, 5) is 5.23. The van der Waals surface area contributed by atoms with Crippen LogP contribution >= 0.6 is 0 Å². The van der Waals surface area contributed by atoms with E-state index in [0.717, 1.165) is 36.4 Å². The Labute approximate surface area is 411 Å². The number of rotatable bonds is 4. The van der Waals surface area contributed by atoms with Crippen molar-refractivity contribution in [3.05, 3.63) is 173 Å². The van der Waals surface area contributed by atoms with Gasteiger partial charge in [-0.1, -0.05) is 161 Å². The first-order valence-corrected chi connectivity index (χ1v) is 25.6. The summed E-state index contributed by atoms with van der Waals surface area (Å²) in [5.74, 6) is 0.909. The van der Waals surface area contributed by atoms with Crippen LogP contribution in [-0.2, 0) is 27.1 Å². The number of hydrogen-bond donors (Lipinski definition) is 0. The highest BCUT2D eigenvalue weighted by molar-refractivity contribution is 6.95. The Balaban J connectivity index is 1.23. The highest BCUT2D eigenvalue weighted by atomic mass is 16.4. The van der Waals surface area contributed by atoms with Crippen molar-refractivity contribution in [1.29, 1.82) is 0 Å². The summed E-state index contributed by atoms with van der Waals surface area (Å²) in [5, 5.41) is 1.21. The predicted molar refractivity (Wildman–Crippen MR) is 295 cm³/mol. The summed E-state index contributed by atoms with van der Waals surface area (Å²) in [5.41, 5.74) is 24.1. The molecule has 2 aliphatic heterocycles. The van der Waals surface area contributed by atoms with E-state index in [1.807, 2.05) is 0 Å². The third-order valence-electron chi connectivity index (χ3n) is 17.2. The second-order valence-corrected chi connectivity index (χ2v) is 24.8. The summed E-state index contributed by atoms with van der Waals surface area (Å²) in [7, 11) is 0. The van der Waals surface area contributed by atoms with Crippen molar-refractivity contribution in [3.8, 4) is 33.4 Å². The van der Waals surface area contributed by atoms with Gasteiger partial charge in [-0.3, -0.25) is 4.90 Å². The SMILES string of the molecule is Cc1cc2c3c(c1)N(c1ccc(C(C)(C)C)cc1-c1ccccc1)c1oc4cc5c(cc4c1B3N(c1ccc3c(c1)C(C)(C)CCC3(C)C)c1ccc(-c3ccccc3)cc1-2)C(C)(C)CCC5(C)C. The van der Waals surface area contributed by atoms with Crippen LogP contribution in [0.1, 0.15) is 135 Å². The van der Waals surface area contributed by atoms with Gasteiger partial charge in [-0.2, -0.15) is 0 Å². The fourth-order valence-corrected chi connectivity index (χ4v) is 12.8. The molecule has 0 bridgehead atoms. The van der Waals surface area contributed by atoms with Gasteiger partial charge in [-0.05, 0) is 175 Å². The summed E-state index contributed by atoms with van der Waals surface area (Å²) >= 11 is 0. The maximum Gasteiger partial charge on any atom is 0.337 e. The van der Waals surface area contributed by atoms with Crippen LogP contribution in [0.2, 0.25) is 0 Å². The van der Waals surface area contributed by atoms with Crippen LogP contribution in [0.15, 0.2) is 144 Å². The van der Waals surface area contributed by atoms with Crippen molar-refractivity contribution >= 4 is 57.4 Å². The van der Waals surface area contributed by atoms with E-state index in [9.17, 15) is 0 Å². The first kappa shape index (κ1) is 44.0. The zero-order valence-corrected chi connectivity index (χ0v) is 43.0. The fraction of sp³-hybridized carbons (Fsp3) is 0.323. The van der Waals surface area contributed by atoms with Gasteiger partial charge in [-0.15, -0.1) is 0 Å². The van der Waals surface area contributed by atoms with Crippen LogP contribution in [0.3, 0.4) is 0 Å². The lowest BCUT2D eigenvalue weighted by Gasteiger charge is -2.46. The van der Waals surface area contributed by atoms with Crippen LogP contribution < -0.4 is 20.6 Å². The molecule has 0 atom stereocenters. The van der Waals surface area contributed by atoms with Crippen LogP contribution in [0.25, 0.3) is 44.3 Å². The molecule has 0 saturated heterocycles. The first-order valence-electron chi connectivity index (χ1n) is 25.6. The van der Waals surface area contributed by atoms with Crippen LogP contribution in [0.4, 0.5) is 28.6 Å². The van der Waals surface area contributed by atoms with E-state index in [1.54, 1.807) is 0 Å². The van der Waals surface area contributed by atoms with E-state index in [-0.39, 0.29) is 33.9 Å². The maximum atomic E-state index is 7.67. The summed E-state index contributed by atoms with van der Waals surface area (Å²) in [6.45, 7) is 28.6. The minimum absolute atomic E-state index is 0.0184. The number of nitrogens with zero attached hydrogens (tertiary/aromatic N) is 2. The van der Waals surface area contributed by atoms with E-state index in [2.05, 4.69) is 232 Å². The van der Waals surface area contributed by atoms with Gasteiger partial charge in [0.15, 0.2) is 0 Å². The summed E-state index contributed by atoms with van der Waals surface area (Å²) < 4.78 is 7.67. The van der Waals surface area contributed by atoms with Crippen LogP contribution in [-0.4, -0.2) is 6.85 Å². The number of furan rings is 1. The molecule has 1 aromatic heterocycles. The van der Waals surface area contributed by atoms with Gasteiger partial charge in [0, 0.05) is 39.0 Å². The molecule has 7 aromatic carbocycles. The quantitative estimate of drug-likeness (QED) is 0.164. The van der Waals surface area contributed by atoms with E-state index >= 15 is 0 Å². The van der Waals surface area contributed by atoms with Crippen LogP contribution in [0.5, 0.6) is 0 Å². The van der Waals surface area contributed by atoms with Gasteiger partial charge >= 0.3 is 6.85 Å². The summed E-state index contributed by atoms with van der Waals surface area (Å²) in [6, 6.07) is 53.7. The van der Waals surface area contributed by atoms with Gasteiger partial charge in [0.2, 0.25) is 5.88 Å². The number of hydrogen-bond acceptors (Lipinski definition) is 3. The highest BCUT2D eigenvalue weighted by Gasteiger charge is 2.50. The minimum atomic E-state index is -0.178. The van der Waals surface area contributed by atoms with Gasteiger partial charge < -0.3 is 9.23 Å². The molecule has 0 radical (unpaired) electrons. The van der Waals surface area contributed by atoms with Crippen molar-refractivity contribution in [2.75, 3.05) is 9.71 Å². The largest absolute Gasteiger partial charge is 0.440 e. The molecule has 69 heavy (non-hydrogen) atoms. The Kier molecular flexibility index (Phi) is 9.48. The lowest BCUT2D eigenvalue weighted by atomic mass is 9.43. The summed E-state index contributed by atoms with van der Waals surface area (Å²) in [6.07, 6.45) is 4.62. The third kappa shape index (κ3) is 6.75. The normalized spacial score (nSPS) is 18.0. The average Bonchev–Trinajstić information content (AvgIpc) is 3.70. The molecule has 0 fully saturated rings. The molecule has 0 amide bonds. The molecule has 8 aromatic rings. The topological polar surface area (TPSA) is 19.6 Å². The van der Waals surface area contributed by atoms with E-state index in [4.69, 9.17) is 4.42 Å². The molecule has 0 N–H and O–H groups in total. The number of aryl methyl sites for hydroxylation is 1. The second kappa shape index (κ2) is 14.9. The van der Waals surface area contributed by atoms with E-state index in [0.29, 0.717) is 0 Å². The Morgan fingerprint density at radius 2 is 1.07 bits per heavy atom. The Morgan fingerprint density at radius 3 is 1.72 bits per heavy atom. The molecule has 4 aliphatic rings. The first-order chi connectivity index (χ1) is 32.7. The zero-order valence-electron chi connectivity index (χ0n) is 43.0. The molecular weight excluding hydrogens is 836 g/mol. The molecular formula is C65H67BN2O. The van der Waals surface area contributed by atoms with Crippen molar-refractivity contribution in [2.24, 2.45) is 0 Å². The third-order valence-corrected chi connectivity index (χ3v) is 17.2. The van der Waals surface area contributed by atoms with Crippen LogP contribution in [0, 0.1) is 6.92 Å². The molecule has 4 heteroatoms.